The third-order valence-electron chi connectivity index (χ3n) is 6.21. The first-order chi connectivity index (χ1) is 17.2. The molecule has 0 aliphatic rings. The summed E-state index contributed by atoms with van der Waals surface area (Å²) in [6.07, 6.45) is 0. The van der Waals surface area contributed by atoms with Gasteiger partial charge in [-0.05, 0) is 53.4 Å². The third kappa shape index (κ3) is 6.27. The molecule has 0 aliphatic carbocycles. The number of aryl methyl sites for hydroxylation is 1. The van der Waals surface area contributed by atoms with Crippen molar-refractivity contribution < 1.29 is 4.79 Å². The Kier molecular flexibility index (Phi) is 7.66. The first kappa shape index (κ1) is 25.3. The summed E-state index contributed by atoms with van der Waals surface area (Å²) in [5.74, 6) is -0.0141. The van der Waals surface area contributed by atoms with Crippen molar-refractivity contribution in [3.63, 3.8) is 0 Å². The number of anilines is 1. The monoisotopic (exact) mass is 492 g/mol. The van der Waals surface area contributed by atoms with Gasteiger partial charge in [-0.3, -0.25) is 4.79 Å². The minimum Gasteiger partial charge on any atom is -0.352 e. The number of benzene rings is 4. The van der Waals surface area contributed by atoms with Gasteiger partial charge < -0.3 is 10.6 Å². The standard InChI is InChI=1S/C32H32N2OS/c1-22-13-15-24(16-14-22)29(23-9-6-5-7-10-23)34-31(36)33-28-12-8-11-26(21-28)30(35)25-17-19-27(20-18-25)32(2,3)4/h5-21,29H,1-4H3,(H2,33,34,36)/t29-/m1/s1. The number of carbonyl (C=O) groups is 1. The van der Waals surface area contributed by atoms with Crippen LogP contribution in [-0.4, -0.2) is 10.9 Å². The van der Waals surface area contributed by atoms with Crippen LogP contribution in [0.25, 0.3) is 0 Å². The Hall–Kier alpha value is -3.76. The van der Waals surface area contributed by atoms with Crippen LogP contribution in [0.1, 0.15) is 65.0 Å². The van der Waals surface area contributed by atoms with E-state index in [0.29, 0.717) is 16.2 Å². The van der Waals surface area contributed by atoms with Gasteiger partial charge >= 0.3 is 0 Å². The molecule has 182 valence electrons. The van der Waals surface area contributed by atoms with E-state index in [4.69, 9.17) is 12.2 Å². The van der Waals surface area contributed by atoms with Crippen LogP contribution in [0.3, 0.4) is 0 Å². The molecule has 0 aromatic heterocycles. The summed E-state index contributed by atoms with van der Waals surface area (Å²) in [6.45, 7) is 8.57. The second-order valence-corrected chi connectivity index (χ2v) is 10.5. The van der Waals surface area contributed by atoms with Crippen molar-refractivity contribution in [1.29, 1.82) is 0 Å². The normalized spacial score (nSPS) is 12.0. The highest BCUT2D eigenvalue weighted by molar-refractivity contribution is 7.80. The Bertz CT molecular complexity index is 1340. The van der Waals surface area contributed by atoms with E-state index in [9.17, 15) is 4.79 Å². The van der Waals surface area contributed by atoms with Gasteiger partial charge in [0.05, 0.1) is 6.04 Å². The van der Waals surface area contributed by atoms with Gasteiger partial charge in [-0.1, -0.05) is 117 Å². The highest BCUT2D eigenvalue weighted by atomic mass is 32.1. The SMILES string of the molecule is Cc1ccc([C@H](NC(=S)Nc2cccc(C(=O)c3ccc(C(C)(C)C)cc3)c2)c2ccccc2)cc1. The number of hydrogen-bond acceptors (Lipinski definition) is 2. The Morgan fingerprint density at radius 3 is 2.03 bits per heavy atom. The van der Waals surface area contributed by atoms with Gasteiger partial charge in [-0.2, -0.15) is 0 Å². The molecule has 0 aliphatic heterocycles. The molecule has 0 saturated heterocycles. The molecule has 0 amide bonds. The lowest BCUT2D eigenvalue weighted by Gasteiger charge is -2.22. The van der Waals surface area contributed by atoms with E-state index in [1.807, 2.05) is 66.7 Å². The largest absolute Gasteiger partial charge is 0.352 e. The van der Waals surface area contributed by atoms with Crippen LogP contribution in [0.15, 0.2) is 103 Å². The number of carbonyl (C=O) groups excluding carboxylic acids is 1. The quantitative estimate of drug-likeness (QED) is 0.215. The van der Waals surface area contributed by atoms with E-state index in [0.717, 1.165) is 16.8 Å². The Morgan fingerprint density at radius 2 is 1.39 bits per heavy atom. The average Bonchev–Trinajstić information content (AvgIpc) is 2.88. The summed E-state index contributed by atoms with van der Waals surface area (Å²) in [4.78, 5) is 13.1. The lowest BCUT2D eigenvalue weighted by molar-refractivity contribution is 0.103. The molecule has 4 rings (SSSR count). The highest BCUT2D eigenvalue weighted by Gasteiger charge is 2.17. The smallest absolute Gasteiger partial charge is 0.193 e. The van der Waals surface area contributed by atoms with Crippen LogP contribution >= 0.6 is 12.2 Å². The molecule has 4 aromatic rings. The van der Waals surface area contributed by atoms with Crippen LogP contribution < -0.4 is 10.6 Å². The Morgan fingerprint density at radius 1 is 0.750 bits per heavy atom. The zero-order chi connectivity index (χ0) is 25.7. The van der Waals surface area contributed by atoms with Gasteiger partial charge in [-0.15, -0.1) is 0 Å². The van der Waals surface area contributed by atoms with Gasteiger partial charge in [0.15, 0.2) is 10.9 Å². The molecule has 36 heavy (non-hydrogen) atoms. The minimum absolute atomic E-state index is 0.0141. The Labute approximate surface area is 219 Å². The van der Waals surface area contributed by atoms with E-state index >= 15 is 0 Å². The van der Waals surface area contributed by atoms with Gasteiger partial charge in [0.1, 0.15) is 0 Å². The predicted molar refractivity (Wildman–Crippen MR) is 154 cm³/mol. The molecule has 4 aromatic carbocycles. The summed E-state index contributed by atoms with van der Waals surface area (Å²) in [6, 6.07) is 33.9. The molecule has 0 saturated carbocycles. The fourth-order valence-corrected chi connectivity index (χ4v) is 4.32. The van der Waals surface area contributed by atoms with E-state index in [2.05, 4.69) is 74.7 Å². The van der Waals surface area contributed by atoms with Crippen molar-refractivity contribution in [2.45, 2.75) is 39.2 Å². The van der Waals surface area contributed by atoms with E-state index in [1.165, 1.54) is 11.1 Å². The van der Waals surface area contributed by atoms with Gasteiger partial charge in [0.2, 0.25) is 0 Å². The second kappa shape index (κ2) is 10.9. The summed E-state index contributed by atoms with van der Waals surface area (Å²) in [5, 5.41) is 7.21. The van der Waals surface area contributed by atoms with Gasteiger partial charge in [0, 0.05) is 16.8 Å². The molecule has 0 heterocycles. The summed E-state index contributed by atoms with van der Waals surface area (Å²) >= 11 is 5.68. The maximum atomic E-state index is 13.1. The van der Waals surface area contributed by atoms with Crippen molar-refractivity contribution in [2.24, 2.45) is 0 Å². The first-order valence-corrected chi connectivity index (χ1v) is 12.6. The first-order valence-electron chi connectivity index (χ1n) is 12.1. The summed E-state index contributed by atoms with van der Waals surface area (Å²) < 4.78 is 0. The molecule has 0 unspecified atom stereocenters. The van der Waals surface area contributed by atoms with Crippen molar-refractivity contribution in [3.8, 4) is 0 Å². The van der Waals surface area contributed by atoms with Crippen LogP contribution in [0.5, 0.6) is 0 Å². The van der Waals surface area contributed by atoms with Crippen molar-refractivity contribution >= 4 is 28.8 Å². The predicted octanol–water partition coefficient (Wildman–Crippen LogP) is 7.60. The molecular formula is C32H32N2OS. The molecule has 0 spiro atoms. The molecule has 0 radical (unpaired) electrons. The van der Waals surface area contributed by atoms with Crippen molar-refractivity contribution in [2.75, 3.05) is 5.32 Å². The number of thiocarbonyl (C=S) groups is 1. The summed E-state index contributed by atoms with van der Waals surface area (Å²) in [5.41, 5.74) is 6.75. The second-order valence-electron chi connectivity index (χ2n) is 10.1. The lowest BCUT2D eigenvalue weighted by Crippen LogP contribution is -2.33. The van der Waals surface area contributed by atoms with Crippen LogP contribution in [-0.2, 0) is 5.41 Å². The number of ketones is 1. The zero-order valence-electron chi connectivity index (χ0n) is 21.2. The molecular weight excluding hydrogens is 460 g/mol. The molecule has 4 heteroatoms. The van der Waals surface area contributed by atoms with Crippen LogP contribution in [0, 0.1) is 6.92 Å². The molecule has 2 N–H and O–H groups in total. The molecule has 0 bridgehead atoms. The average molecular weight is 493 g/mol. The fraction of sp³-hybridized carbons (Fsp3) is 0.188. The molecule has 1 atom stereocenters. The van der Waals surface area contributed by atoms with Crippen LogP contribution in [0.2, 0.25) is 0 Å². The van der Waals surface area contributed by atoms with Crippen molar-refractivity contribution in [3.05, 3.63) is 137 Å². The zero-order valence-corrected chi connectivity index (χ0v) is 22.0. The van der Waals surface area contributed by atoms with E-state index in [-0.39, 0.29) is 17.2 Å². The lowest BCUT2D eigenvalue weighted by atomic mass is 9.86. The van der Waals surface area contributed by atoms with E-state index in [1.54, 1.807) is 0 Å². The van der Waals surface area contributed by atoms with Crippen molar-refractivity contribution in [1.82, 2.24) is 5.32 Å². The number of nitrogens with one attached hydrogen (secondary N) is 2. The minimum atomic E-state index is -0.0991. The highest BCUT2D eigenvalue weighted by Crippen LogP contribution is 2.25. The van der Waals surface area contributed by atoms with E-state index < -0.39 is 0 Å². The maximum Gasteiger partial charge on any atom is 0.193 e. The fourth-order valence-electron chi connectivity index (χ4n) is 4.09. The number of rotatable bonds is 6. The molecule has 0 fully saturated rings. The maximum absolute atomic E-state index is 13.1. The number of hydrogen-bond donors (Lipinski definition) is 2. The van der Waals surface area contributed by atoms with Crippen LogP contribution in [0.4, 0.5) is 5.69 Å². The summed E-state index contributed by atoms with van der Waals surface area (Å²) in [7, 11) is 0. The third-order valence-corrected chi connectivity index (χ3v) is 6.43. The molecule has 3 nitrogen and oxygen atoms in total. The van der Waals surface area contributed by atoms with Gasteiger partial charge in [-0.25, -0.2) is 0 Å². The topological polar surface area (TPSA) is 41.1 Å². The van der Waals surface area contributed by atoms with Gasteiger partial charge in [0.25, 0.3) is 0 Å². The Balaban J connectivity index is 1.50.